The van der Waals surface area contributed by atoms with Crippen molar-refractivity contribution < 1.29 is 0 Å². The fourth-order valence-corrected chi connectivity index (χ4v) is 0.631. The maximum absolute atomic E-state index is 5.44. The van der Waals surface area contributed by atoms with Crippen molar-refractivity contribution in [1.82, 2.24) is 9.78 Å². The molecule has 8 heavy (non-hydrogen) atoms. The first-order valence-corrected chi connectivity index (χ1v) is 2.46. The first-order chi connectivity index (χ1) is 3.70. The number of hydrogen-bond acceptors (Lipinski definition) is 1. The van der Waals surface area contributed by atoms with Gasteiger partial charge in [-0.25, -0.2) is 0 Å². The molecule has 0 N–H and O–H groups in total. The van der Waals surface area contributed by atoms with Crippen LogP contribution >= 0.6 is 0 Å². The van der Waals surface area contributed by atoms with Gasteiger partial charge in [-0.3, -0.25) is 4.68 Å². The summed E-state index contributed by atoms with van der Waals surface area (Å²) < 4.78 is 1.65. The Morgan fingerprint density at radius 3 is 2.50 bits per heavy atom. The monoisotopic (exact) mass is 108 g/mol. The van der Waals surface area contributed by atoms with Crippen molar-refractivity contribution >= 4 is 0 Å². The molecular weight excluding hydrogens is 100 g/mol. The maximum Gasteiger partial charge on any atom is 0.0596 e. The van der Waals surface area contributed by atoms with Crippen LogP contribution in [-0.2, 0) is 7.05 Å². The molecule has 0 saturated carbocycles. The second-order valence-electron chi connectivity index (χ2n) is 1.83. The SMILES string of the molecule is [CH]c1cc(C)nn1C. The zero-order valence-electron chi connectivity index (χ0n) is 5.05. The van der Waals surface area contributed by atoms with Crippen molar-refractivity contribution in [2.45, 2.75) is 6.92 Å². The van der Waals surface area contributed by atoms with E-state index >= 15 is 0 Å². The Morgan fingerprint density at radius 1 is 1.75 bits per heavy atom. The topological polar surface area (TPSA) is 17.8 Å². The Balaban J connectivity index is 3.14. The van der Waals surface area contributed by atoms with Gasteiger partial charge in [0.05, 0.1) is 5.69 Å². The van der Waals surface area contributed by atoms with E-state index in [0.29, 0.717) is 5.69 Å². The minimum Gasteiger partial charge on any atom is -0.272 e. The molecule has 2 radical (unpaired) electrons. The predicted octanol–water partition coefficient (Wildman–Crippen LogP) is 0.788. The minimum atomic E-state index is 0.711. The number of rotatable bonds is 0. The van der Waals surface area contributed by atoms with Gasteiger partial charge in [-0.1, -0.05) is 0 Å². The molecule has 1 rings (SSSR count). The van der Waals surface area contributed by atoms with E-state index in [1.165, 1.54) is 0 Å². The zero-order valence-corrected chi connectivity index (χ0v) is 5.05. The summed E-state index contributed by atoms with van der Waals surface area (Å²) in [5.74, 6) is 0. The molecule has 0 aromatic carbocycles. The van der Waals surface area contributed by atoms with Crippen LogP contribution in [0.1, 0.15) is 11.4 Å². The fourth-order valence-electron chi connectivity index (χ4n) is 0.631. The van der Waals surface area contributed by atoms with Gasteiger partial charge in [0.2, 0.25) is 0 Å². The lowest BCUT2D eigenvalue weighted by Gasteiger charge is -1.87. The van der Waals surface area contributed by atoms with Gasteiger partial charge < -0.3 is 0 Å². The lowest BCUT2D eigenvalue weighted by atomic mass is 10.4. The summed E-state index contributed by atoms with van der Waals surface area (Å²) in [6.07, 6.45) is 0. The molecule has 1 aromatic rings. The number of nitrogens with zero attached hydrogens (tertiary/aromatic N) is 2. The van der Waals surface area contributed by atoms with E-state index in [2.05, 4.69) is 5.10 Å². The van der Waals surface area contributed by atoms with Crippen molar-refractivity contribution in [1.29, 1.82) is 0 Å². The Hall–Kier alpha value is -0.790. The number of aromatic nitrogens is 2. The molecule has 0 aliphatic heterocycles. The number of aryl methyl sites for hydroxylation is 2. The molecule has 42 valence electrons. The standard InChI is InChI=1S/C6H8N2/c1-5-4-6(2)8(3)7-5/h2,4H,1,3H3. The maximum atomic E-state index is 5.44. The number of hydrogen-bond donors (Lipinski definition) is 0. The third-order valence-corrected chi connectivity index (χ3v) is 1.04. The summed E-state index contributed by atoms with van der Waals surface area (Å²) in [6.45, 7) is 7.35. The van der Waals surface area contributed by atoms with Crippen LogP contribution in [0.4, 0.5) is 0 Å². The normalized spacial score (nSPS) is 9.88. The molecular formula is C6H8N2. The molecule has 0 fully saturated rings. The smallest absolute Gasteiger partial charge is 0.0596 e. The predicted molar refractivity (Wildman–Crippen MR) is 31.3 cm³/mol. The molecule has 0 spiro atoms. The second-order valence-corrected chi connectivity index (χ2v) is 1.83. The van der Waals surface area contributed by atoms with Gasteiger partial charge in [0.1, 0.15) is 0 Å². The van der Waals surface area contributed by atoms with Gasteiger partial charge in [-0.05, 0) is 13.0 Å². The highest BCUT2D eigenvalue weighted by Crippen LogP contribution is 1.96. The van der Waals surface area contributed by atoms with Crippen LogP contribution < -0.4 is 0 Å². The average Bonchev–Trinajstić information content (AvgIpc) is 1.85. The van der Waals surface area contributed by atoms with E-state index in [-0.39, 0.29) is 0 Å². The first kappa shape index (κ1) is 5.35. The van der Waals surface area contributed by atoms with Crippen LogP contribution in [-0.4, -0.2) is 9.78 Å². The van der Waals surface area contributed by atoms with Crippen molar-refractivity contribution in [3.05, 3.63) is 24.4 Å². The average molecular weight is 108 g/mol. The van der Waals surface area contributed by atoms with Gasteiger partial charge >= 0.3 is 0 Å². The molecule has 0 aliphatic rings. The Bertz CT molecular complexity index is 169. The largest absolute Gasteiger partial charge is 0.272 e. The summed E-state index contributed by atoms with van der Waals surface area (Å²) in [4.78, 5) is 0. The van der Waals surface area contributed by atoms with Gasteiger partial charge in [0.25, 0.3) is 0 Å². The molecule has 0 unspecified atom stereocenters. The summed E-state index contributed by atoms with van der Waals surface area (Å²) in [5.41, 5.74) is 1.67. The van der Waals surface area contributed by atoms with Crippen LogP contribution in [0.15, 0.2) is 6.07 Å². The quantitative estimate of drug-likeness (QED) is 0.480. The summed E-state index contributed by atoms with van der Waals surface area (Å²) in [5, 5.41) is 4.00. The van der Waals surface area contributed by atoms with E-state index in [4.69, 9.17) is 6.92 Å². The highest BCUT2D eigenvalue weighted by Gasteiger charge is 1.92. The molecule has 0 saturated heterocycles. The van der Waals surface area contributed by atoms with E-state index < -0.39 is 0 Å². The van der Waals surface area contributed by atoms with Crippen LogP contribution in [0.5, 0.6) is 0 Å². The summed E-state index contributed by atoms with van der Waals surface area (Å²) >= 11 is 0. The van der Waals surface area contributed by atoms with Crippen molar-refractivity contribution in [2.24, 2.45) is 7.05 Å². The van der Waals surface area contributed by atoms with Gasteiger partial charge in [-0.2, -0.15) is 5.10 Å². The molecule has 1 aromatic heterocycles. The lowest BCUT2D eigenvalue weighted by Crippen LogP contribution is -1.91. The molecule has 2 nitrogen and oxygen atoms in total. The van der Waals surface area contributed by atoms with Crippen molar-refractivity contribution in [2.75, 3.05) is 0 Å². The fraction of sp³-hybridized carbons (Fsp3) is 0.333. The molecule has 2 heteroatoms. The van der Waals surface area contributed by atoms with Gasteiger partial charge in [0, 0.05) is 19.7 Å². The zero-order chi connectivity index (χ0) is 6.15. The molecule has 0 atom stereocenters. The molecule has 0 amide bonds. The van der Waals surface area contributed by atoms with Crippen LogP contribution in [0.25, 0.3) is 0 Å². The lowest BCUT2D eigenvalue weighted by molar-refractivity contribution is 0.743. The van der Waals surface area contributed by atoms with Gasteiger partial charge in [-0.15, -0.1) is 0 Å². The Morgan fingerprint density at radius 2 is 2.38 bits per heavy atom. The first-order valence-electron chi connectivity index (χ1n) is 2.46. The van der Waals surface area contributed by atoms with Crippen LogP contribution in [0, 0.1) is 13.8 Å². The highest BCUT2D eigenvalue weighted by atomic mass is 15.3. The Kier molecular flexibility index (Phi) is 1.08. The second kappa shape index (κ2) is 1.62. The van der Waals surface area contributed by atoms with Gasteiger partial charge in [0.15, 0.2) is 0 Å². The van der Waals surface area contributed by atoms with Crippen molar-refractivity contribution in [3.63, 3.8) is 0 Å². The summed E-state index contributed by atoms with van der Waals surface area (Å²) in [6, 6.07) is 1.83. The third-order valence-electron chi connectivity index (χ3n) is 1.04. The molecule has 0 bridgehead atoms. The Labute approximate surface area is 49.1 Å². The van der Waals surface area contributed by atoms with E-state index in [1.54, 1.807) is 4.68 Å². The van der Waals surface area contributed by atoms with E-state index in [9.17, 15) is 0 Å². The third kappa shape index (κ3) is 0.735. The van der Waals surface area contributed by atoms with Crippen molar-refractivity contribution in [3.8, 4) is 0 Å². The minimum absolute atomic E-state index is 0.711. The molecule has 1 heterocycles. The summed E-state index contributed by atoms with van der Waals surface area (Å²) in [7, 11) is 1.82. The highest BCUT2D eigenvalue weighted by molar-refractivity contribution is 5.10. The van der Waals surface area contributed by atoms with Crippen LogP contribution in [0.3, 0.4) is 0 Å². The van der Waals surface area contributed by atoms with E-state index in [1.807, 2.05) is 20.0 Å². The van der Waals surface area contributed by atoms with Crippen LogP contribution in [0.2, 0.25) is 0 Å². The molecule has 0 aliphatic carbocycles. The van der Waals surface area contributed by atoms with E-state index in [0.717, 1.165) is 5.69 Å².